The van der Waals surface area contributed by atoms with Gasteiger partial charge in [-0.05, 0) is 30.2 Å². The molecule has 2 nitrogen and oxygen atoms in total. The summed E-state index contributed by atoms with van der Waals surface area (Å²) in [5, 5.41) is 0. The van der Waals surface area contributed by atoms with Gasteiger partial charge < -0.3 is 5.73 Å². The molecule has 0 aliphatic heterocycles. The summed E-state index contributed by atoms with van der Waals surface area (Å²) in [5.41, 5.74) is 7.87. The summed E-state index contributed by atoms with van der Waals surface area (Å²) < 4.78 is 13.1. The first-order valence-corrected chi connectivity index (χ1v) is 5.80. The summed E-state index contributed by atoms with van der Waals surface area (Å²) >= 11 is 0. The van der Waals surface area contributed by atoms with E-state index in [1.165, 1.54) is 18.2 Å². The van der Waals surface area contributed by atoms with Crippen molar-refractivity contribution in [2.75, 3.05) is 5.73 Å². The van der Waals surface area contributed by atoms with E-state index in [0.29, 0.717) is 11.3 Å². The maximum absolute atomic E-state index is 13.1. The zero-order valence-corrected chi connectivity index (χ0v) is 10.1. The number of hydrogen-bond acceptors (Lipinski definition) is 2. The number of nitrogen functional groups attached to an aromatic ring is 1. The molecule has 0 fully saturated rings. The zero-order chi connectivity index (χ0) is 13.1. The third-order valence-corrected chi connectivity index (χ3v) is 2.88. The highest BCUT2D eigenvalue weighted by molar-refractivity contribution is 6.12. The SMILES string of the molecule is CCc1ccc(C(=O)c2cc(F)ccc2N)cc1. The molecule has 2 rings (SSSR count). The van der Waals surface area contributed by atoms with Crippen molar-refractivity contribution in [1.82, 2.24) is 0 Å². The Morgan fingerprint density at radius 3 is 2.44 bits per heavy atom. The minimum absolute atomic E-state index is 0.208. The van der Waals surface area contributed by atoms with E-state index in [2.05, 4.69) is 0 Å². The van der Waals surface area contributed by atoms with Gasteiger partial charge in [0.05, 0.1) is 0 Å². The Labute approximate surface area is 105 Å². The van der Waals surface area contributed by atoms with Gasteiger partial charge in [0.15, 0.2) is 5.78 Å². The fraction of sp³-hybridized carbons (Fsp3) is 0.133. The van der Waals surface area contributed by atoms with Crippen molar-refractivity contribution >= 4 is 11.5 Å². The molecule has 0 aromatic heterocycles. The van der Waals surface area contributed by atoms with Gasteiger partial charge in [0.1, 0.15) is 5.82 Å². The molecule has 0 heterocycles. The Bertz CT molecular complexity index is 576. The second kappa shape index (κ2) is 5.00. The predicted octanol–water partition coefficient (Wildman–Crippen LogP) is 3.20. The first kappa shape index (κ1) is 12.3. The lowest BCUT2D eigenvalue weighted by Gasteiger charge is -2.05. The van der Waals surface area contributed by atoms with Gasteiger partial charge in [-0.15, -0.1) is 0 Å². The van der Waals surface area contributed by atoms with Crippen molar-refractivity contribution in [3.8, 4) is 0 Å². The molecular weight excluding hydrogens is 229 g/mol. The molecule has 0 saturated carbocycles. The first-order chi connectivity index (χ1) is 8.61. The monoisotopic (exact) mass is 243 g/mol. The smallest absolute Gasteiger partial charge is 0.195 e. The standard InChI is InChI=1S/C15H14FNO/c1-2-10-3-5-11(6-4-10)15(18)13-9-12(16)7-8-14(13)17/h3-9H,2,17H2,1H3. The lowest BCUT2D eigenvalue weighted by Crippen LogP contribution is -2.06. The highest BCUT2D eigenvalue weighted by atomic mass is 19.1. The fourth-order valence-corrected chi connectivity index (χ4v) is 1.77. The van der Waals surface area contributed by atoms with Crippen LogP contribution >= 0.6 is 0 Å². The van der Waals surface area contributed by atoms with Crippen molar-refractivity contribution in [2.45, 2.75) is 13.3 Å². The van der Waals surface area contributed by atoms with Crippen LogP contribution in [0.2, 0.25) is 0 Å². The molecule has 2 aromatic carbocycles. The number of carbonyl (C=O) groups excluding carboxylic acids is 1. The Balaban J connectivity index is 2.38. The van der Waals surface area contributed by atoms with Crippen molar-refractivity contribution in [2.24, 2.45) is 0 Å². The molecule has 0 radical (unpaired) electrons. The minimum atomic E-state index is -0.460. The van der Waals surface area contributed by atoms with E-state index < -0.39 is 5.82 Å². The lowest BCUT2D eigenvalue weighted by molar-refractivity contribution is 0.103. The topological polar surface area (TPSA) is 43.1 Å². The van der Waals surface area contributed by atoms with Crippen LogP contribution < -0.4 is 5.73 Å². The Kier molecular flexibility index (Phi) is 3.42. The van der Waals surface area contributed by atoms with Crippen LogP contribution in [0.4, 0.5) is 10.1 Å². The van der Waals surface area contributed by atoms with Gasteiger partial charge in [-0.2, -0.15) is 0 Å². The molecular formula is C15H14FNO. The molecule has 0 atom stereocenters. The summed E-state index contributed by atoms with van der Waals surface area (Å²) in [5.74, 6) is -0.715. The van der Waals surface area contributed by atoms with Gasteiger partial charge in [0.2, 0.25) is 0 Å². The third kappa shape index (κ3) is 2.40. The van der Waals surface area contributed by atoms with E-state index in [0.717, 1.165) is 12.0 Å². The maximum Gasteiger partial charge on any atom is 0.195 e. The number of nitrogens with two attached hydrogens (primary N) is 1. The number of halogens is 1. The minimum Gasteiger partial charge on any atom is -0.398 e. The van der Waals surface area contributed by atoms with E-state index in [4.69, 9.17) is 5.73 Å². The molecule has 0 aliphatic rings. The van der Waals surface area contributed by atoms with Crippen LogP contribution in [0, 0.1) is 5.82 Å². The quantitative estimate of drug-likeness (QED) is 0.664. The van der Waals surface area contributed by atoms with Crippen molar-refractivity contribution < 1.29 is 9.18 Å². The number of ketones is 1. The number of anilines is 1. The second-order valence-corrected chi connectivity index (χ2v) is 4.11. The van der Waals surface area contributed by atoms with Crippen LogP contribution in [0.5, 0.6) is 0 Å². The molecule has 18 heavy (non-hydrogen) atoms. The predicted molar refractivity (Wildman–Crippen MR) is 70.1 cm³/mol. The Morgan fingerprint density at radius 2 is 1.83 bits per heavy atom. The fourth-order valence-electron chi connectivity index (χ4n) is 1.77. The molecule has 3 heteroatoms. The normalized spacial score (nSPS) is 10.3. The Morgan fingerprint density at radius 1 is 1.17 bits per heavy atom. The Hall–Kier alpha value is -2.16. The van der Waals surface area contributed by atoms with Gasteiger partial charge in [-0.1, -0.05) is 31.2 Å². The first-order valence-electron chi connectivity index (χ1n) is 5.80. The van der Waals surface area contributed by atoms with Crippen LogP contribution in [0.1, 0.15) is 28.4 Å². The molecule has 2 N–H and O–H groups in total. The van der Waals surface area contributed by atoms with Crippen LogP contribution in [-0.4, -0.2) is 5.78 Å². The molecule has 0 unspecified atom stereocenters. The number of rotatable bonds is 3. The number of benzene rings is 2. The molecule has 92 valence electrons. The van der Waals surface area contributed by atoms with Crippen molar-refractivity contribution in [3.63, 3.8) is 0 Å². The zero-order valence-electron chi connectivity index (χ0n) is 10.1. The van der Waals surface area contributed by atoms with E-state index in [-0.39, 0.29) is 11.3 Å². The van der Waals surface area contributed by atoms with Crippen molar-refractivity contribution in [1.29, 1.82) is 0 Å². The number of hydrogen-bond donors (Lipinski definition) is 1. The van der Waals surface area contributed by atoms with Gasteiger partial charge >= 0.3 is 0 Å². The maximum atomic E-state index is 13.1. The number of carbonyl (C=O) groups is 1. The summed E-state index contributed by atoms with van der Waals surface area (Å²) in [6, 6.07) is 11.1. The van der Waals surface area contributed by atoms with E-state index in [1.54, 1.807) is 12.1 Å². The average Bonchev–Trinajstić information content (AvgIpc) is 2.41. The molecule has 0 amide bonds. The summed E-state index contributed by atoms with van der Waals surface area (Å²) in [6.07, 6.45) is 0.913. The third-order valence-electron chi connectivity index (χ3n) is 2.88. The highest BCUT2D eigenvalue weighted by Gasteiger charge is 2.13. The summed E-state index contributed by atoms with van der Waals surface area (Å²) in [7, 11) is 0. The van der Waals surface area contributed by atoms with Gasteiger partial charge in [0, 0.05) is 16.8 Å². The van der Waals surface area contributed by atoms with E-state index >= 15 is 0 Å². The van der Waals surface area contributed by atoms with Crippen LogP contribution in [0.3, 0.4) is 0 Å². The summed E-state index contributed by atoms with van der Waals surface area (Å²) in [4.78, 5) is 12.2. The summed E-state index contributed by atoms with van der Waals surface area (Å²) in [6.45, 7) is 2.04. The van der Waals surface area contributed by atoms with Gasteiger partial charge in [-0.3, -0.25) is 4.79 Å². The molecule has 2 aromatic rings. The van der Waals surface area contributed by atoms with Crippen LogP contribution in [0.15, 0.2) is 42.5 Å². The molecule has 0 spiro atoms. The van der Waals surface area contributed by atoms with Crippen molar-refractivity contribution in [3.05, 3.63) is 65.0 Å². The van der Waals surface area contributed by atoms with E-state index in [9.17, 15) is 9.18 Å². The lowest BCUT2D eigenvalue weighted by atomic mass is 10.00. The van der Waals surface area contributed by atoms with Gasteiger partial charge in [0.25, 0.3) is 0 Å². The second-order valence-electron chi connectivity index (χ2n) is 4.11. The molecule has 0 aliphatic carbocycles. The number of aryl methyl sites for hydroxylation is 1. The molecule has 0 saturated heterocycles. The van der Waals surface area contributed by atoms with E-state index in [1.807, 2.05) is 19.1 Å². The largest absolute Gasteiger partial charge is 0.398 e. The highest BCUT2D eigenvalue weighted by Crippen LogP contribution is 2.18. The average molecular weight is 243 g/mol. The van der Waals surface area contributed by atoms with Crippen LogP contribution in [0.25, 0.3) is 0 Å². The van der Waals surface area contributed by atoms with Gasteiger partial charge in [-0.25, -0.2) is 4.39 Å². The molecule has 0 bridgehead atoms. The van der Waals surface area contributed by atoms with Crippen LogP contribution in [-0.2, 0) is 6.42 Å².